The van der Waals surface area contributed by atoms with Gasteiger partial charge in [-0.05, 0) is 39.7 Å². The predicted octanol–water partition coefficient (Wildman–Crippen LogP) is 3.86. The molecule has 0 fully saturated rings. The van der Waals surface area contributed by atoms with Gasteiger partial charge in [-0.2, -0.15) is 0 Å². The number of hydrogen-bond donors (Lipinski definition) is 2. The van der Waals surface area contributed by atoms with Crippen molar-refractivity contribution in [2.75, 3.05) is 18.4 Å². The molecule has 2 rings (SSSR count). The number of alkyl carbamates (subject to hydrolysis) is 1. The van der Waals surface area contributed by atoms with Gasteiger partial charge in [0.15, 0.2) is 0 Å². The summed E-state index contributed by atoms with van der Waals surface area (Å²) in [6.45, 7) is 6.41. The van der Waals surface area contributed by atoms with Crippen LogP contribution in [0, 0.1) is 10.1 Å². The summed E-state index contributed by atoms with van der Waals surface area (Å²) >= 11 is 0. The summed E-state index contributed by atoms with van der Waals surface area (Å²) in [5.74, 6) is 0.258. The van der Waals surface area contributed by atoms with Crippen molar-refractivity contribution in [2.24, 2.45) is 0 Å². The van der Waals surface area contributed by atoms with Crippen LogP contribution in [-0.2, 0) is 4.74 Å². The first-order valence-corrected chi connectivity index (χ1v) is 8.51. The molecule has 8 nitrogen and oxygen atoms in total. The van der Waals surface area contributed by atoms with E-state index in [-0.39, 0.29) is 11.5 Å². The highest BCUT2D eigenvalue weighted by Gasteiger charge is 2.17. The third-order valence-electron chi connectivity index (χ3n) is 3.46. The fraction of sp³-hybridized carbons (Fsp3) is 0.444. The summed E-state index contributed by atoms with van der Waals surface area (Å²) in [6.07, 6.45) is 0.993. The second kappa shape index (κ2) is 8.46. The summed E-state index contributed by atoms with van der Waals surface area (Å²) in [5.41, 5.74) is 0.134. The average Bonchev–Trinajstić information content (AvgIpc) is 2.55. The Morgan fingerprint density at radius 2 is 1.92 bits per heavy atom. The summed E-state index contributed by atoms with van der Waals surface area (Å²) in [6, 6.07) is 8.79. The Morgan fingerprint density at radius 3 is 2.62 bits per heavy atom. The highest BCUT2D eigenvalue weighted by atomic mass is 16.6. The first-order valence-electron chi connectivity index (χ1n) is 8.51. The smallest absolute Gasteiger partial charge is 0.407 e. The lowest BCUT2D eigenvalue weighted by Gasteiger charge is -2.19. The normalized spacial score (nSPS) is 11.2. The van der Waals surface area contributed by atoms with Crippen LogP contribution in [0.4, 0.5) is 16.3 Å². The number of nitro groups is 1. The van der Waals surface area contributed by atoms with Gasteiger partial charge < -0.3 is 15.4 Å². The van der Waals surface area contributed by atoms with Crippen LogP contribution in [0.1, 0.15) is 33.6 Å². The highest BCUT2D eigenvalue weighted by molar-refractivity contribution is 5.84. The lowest BCUT2D eigenvalue weighted by molar-refractivity contribution is -0.384. The molecule has 0 saturated heterocycles. The van der Waals surface area contributed by atoms with E-state index in [1.165, 1.54) is 6.07 Å². The predicted molar refractivity (Wildman–Crippen MR) is 100 cm³/mol. The van der Waals surface area contributed by atoms with E-state index in [0.29, 0.717) is 25.0 Å². The van der Waals surface area contributed by atoms with Gasteiger partial charge in [-0.3, -0.25) is 10.1 Å². The first kappa shape index (κ1) is 19.4. The van der Waals surface area contributed by atoms with Crippen LogP contribution < -0.4 is 10.6 Å². The number of hydrogen-bond acceptors (Lipinski definition) is 6. The number of aromatic nitrogens is 1. The van der Waals surface area contributed by atoms with Crippen LogP contribution in [0.2, 0.25) is 0 Å². The maximum Gasteiger partial charge on any atom is 0.407 e. The zero-order chi connectivity index (χ0) is 19.2. The van der Waals surface area contributed by atoms with E-state index < -0.39 is 16.6 Å². The Morgan fingerprint density at radius 1 is 1.23 bits per heavy atom. The van der Waals surface area contributed by atoms with E-state index >= 15 is 0 Å². The van der Waals surface area contributed by atoms with Crippen LogP contribution in [0.5, 0.6) is 0 Å². The Kier molecular flexibility index (Phi) is 6.32. The number of benzene rings is 1. The summed E-state index contributed by atoms with van der Waals surface area (Å²) in [7, 11) is 0. The molecule has 0 atom stereocenters. The lowest BCUT2D eigenvalue weighted by atomic mass is 10.2. The van der Waals surface area contributed by atoms with Crippen LogP contribution in [0.3, 0.4) is 0 Å². The van der Waals surface area contributed by atoms with E-state index in [2.05, 4.69) is 15.6 Å². The standard InChI is InChI=1S/C18H24N4O4/c1-18(2,3)26-17(23)20-11-7-6-10-19-16-15(22(24)25)12-13-8-4-5-9-14(13)21-16/h4-5,8-9,12H,6-7,10-11H2,1-3H3,(H,19,21)(H,20,23). The molecule has 0 unspecified atom stereocenters. The van der Waals surface area contributed by atoms with Crippen LogP contribution in [0.15, 0.2) is 30.3 Å². The van der Waals surface area contributed by atoms with Crippen molar-refractivity contribution in [3.8, 4) is 0 Å². The summed E-state index contributed by atoms with van der Waals surface area (Å²) in [5, 5.41) is 17.7. The maximum atomic E-state index is 11.5. The number of pyridine rings is 1. The molecule has 0 spiro atoms. The van der Waals surface area contributed by atoms with Gasteiger partial charge in [-0.25, -0.2) is 9.78 Å². The third kappa shape index (κ3) is 5.87. The summed E-state index contributed by atoms with van der Waals surface area (Å²) < 4.78 is 5.15. The zero-order valence-corrected chi connectivity index (χ0v) is 15.2. The molecular weight excluding hydrogens is 336 g/mol. The average molecular weight is 360 g/mol. The van der Waals surface area contributed by atoms with Crippen molar-refractivity contribution in [3.63, 3.8) is 0 Å². The molecule has 26 heavy (non-hydrogen) atoms. The van der Waals surface area contributed by atoms with Crippen molar-refractivity contribution in [2.45, 2.75) is 39.2 Å². The number of nitrogens with zero attached hydrogens (tertiary/aromatic N) is 2. The largest absolute Gasteiger partial charge is 0.444 e. The fourth-order valence-electron chi connectivity index (χ4n) is 2.34. The second-order valence-electron chi connectivity index (χ2n) is 6.87. The van der Waals surface area contributed by atoms with Crippen molar-refractivity contribution in [1.29, 1.82) is 0 Å². The van der Waals surface area contributed by atoms with Crippen molar-refractivity contribution < 1.29 is 14.5 Å². The number of rotatable bonds is 7. The van der Waals surface area contributed by atoms with E-state index in [9.17, 15) is 14.9 Å². The van der Waals surface area contributed by atoms with Gasteiger partial charge in [0.25, 0.3) is 0 Å². The van der Waals surface area contributed by atoms with Gasteiger partial charge in [-0.1, -0.05) is 18.2 Å². The number of para-hydroxylation sites is 1. The first-order chi connectivity index (χ1) is 12.3. The maximum absolute atomic E-state index is 11.5. The third-order valence-corrected chi connectivity index (χ3v) is 3.46. The van der Waals surface area contributed by atoms with Gasteiger partial charge in [0.05, 0.1) is 10.4 Å². The quantitative estimate of drug-likeness (QED) is 0.441. The topological polar surface area (TPSA) is 106 Å². The minimum atomic E-state index is -0.522. The number of carbonyl (C=O) groups is 1. The van der Waals surface area contributed by atoms with Crippen LogP contribution in [-0.4, -0.2) is 34.7 Å². The molecule has 1 heterocycles. The molecule has 1 aromatic heterocycles. The second-order valence-corrected chi connectivity index (χ2v) is 6.87. The molecular formula is C18H24N4O4. The molecule has 0 bridgehead atoms. The zero-order valence-electron chi connectivity index (χ0n) is 15.2. The van der Waals surface area contributed by atoms with E-state index in [1.807, 2.05) is 18.2 Å². The molecule has 1 aromatic carbocycles. The SMILES string of the molecule is CC(C)(C)OC(=O)NCCCCNc1nc2ccccc2cc1[N+](=O)[O-]. The molecule has 0 saturated carbocycles. The highest BCUT2D eigenvalue weighted by Crippen LogP contribution is 2.26. The van der Waals surface area contributed by atoms with E-state index in [0.717, 1.165) is 11.8 Å². The Labute approximate surface area is 152 Å². The van der Waals surface area contributed by atoms with Crippen molar-refractivity contribution in [3.05, 3.63) is 40.4 Å². The van der Waals surface area contributed by atoms with E-state index in [4.69, 9.17) is 4.74 Å². The number of carbonyl (C=O) groups excluding carboxylic acids is 1. The lowest BCUT2D eigenvalue weighted by Crippen LogP contribution is -2.33. The Balaban J connectivity index is 1.83. The van der Waals surface area contributed by atoms with Crippen molar-refractivity contribution >= 4 is 28.5 Å². The number of anilines is 1. The Hall–Kier alpha value is -2.90. The molecule has 1 amide bonds. The number of fused-ring (bicyclic) bond motifs is 1. The molecule has 0 radical (unpaired) electrons. The molecule has 140 valence electrons. The van der Waals surface area contributed by atoms with Crippen LogP contribution >= 0.6 is 0 Å². The number of nitrogens with one attached hydrogen (secondary N) is 2. The summed E-state index contributed by atoms with van der Waals surface area (Å²) in [4.78, 5) is 26.7. The van der Waals surface area contributed by atoms with Gasteiger partial charge in [0, 0.05) is 24.5 Å². The van der Waals surface area contributed by atoms with Gasteiger partial charge in [0.1, 0.15) is 5.60 Å². The molecule has 0 aliphatic heterocycles. The molecule has 8 heteroatoms. The minimum Gasteiger partial charge on any atom is -0.444 e. The molecule has 0 aliphatic rings. The minimum absolute atomic E-state index is 0.0458. The van der Waals surface area contributed by atoms with E-state index in [1.54, 1.807) is 26.8 Å². The number of amides is 1. The fourth-order valence-corrected chi connectivity index (χ4v) is 2.34. The number of unbranched alkanes of at least 4 members (excludes halogenated alkanes) is 1. The van der Waals surface area contributed by atoms with Crippen molar-refractivity contribution in [1.82, 2.24) is 10.3 Å². The Bertz CT molecular complexity index is 786. The van der Waals surface area contributed by atoms with Gasteiger partial charge >= 0.3 is 11.8 Å². The van der Waals surface area contributed by atoms with Crippen LogP contribution in [0.25, 0.3) is 10.9 Å². The van der Waals surface area contributed by atoms with Gasteiger partial charge in [0.2, 0.25) is 5.82 Å². The van der Waals surface area contributed by atoms with Gasteiger partial charge in [-0.15, -0.1) is 0 Å². The molecule has 0 aliphatic carbocycles. The molecule has 2 aromatic rings. The monoisotopic (exact) mass is 360 g/mol. The number of ether oxygens (including phenoxy) is 1. The molecule has 2 N–H and O–H groups in total.